The first-order valence-electron chi connectivity index (χ1n) is 13.2. The van der Waals surface area contributed by atoms with Crippen molar-refractivity contribution in [1.82, 2.24) is 4.98 Å². The van der Waals surface area contributed by atoms with Gasteiger partial charge in [0.05, 0.1) is 0 Å². The second-order valence-corrected chi connectivity index (χ2v) is 11.3. The van der Waals surface area contributed by atoms with Crippen LogP contribution in [0, 0.1) is 36.6 Å². The van der Waals surface area contributed by atoms with Gasteiger partial charge in [-0.05, 0) is 46.8 Å². The number of aromatic nitrogens is 1. The molecule has 209 valence electrons. The minimum atomic E-state index is -0.377. The van der Waals surface area contributed by atoms with E-state index in [9.17, 15) is 14.3 Å². The van der Waals surface area contributed by atoms with Crippen LogP contribution in [0.3, 0.4) is 0 Å². The minimum Gasteiger partial charge on any atom is -0.512 e. The Balaban J connectivity index is 0.000000294. The summed E-state index contributed by atoms with van der Waals surface area (Å²) in [4.78, 5) is 16.4. The molecule has 4 aromatic rings. The molecule has 0 saturated heterocycles. The Morgan fingerprint density at radius 1 is 0.923 bits per heavy atom. The number of hydrogen-bond donors (Lipinski definition) is 1. The number of carbonyl (C=O) groups is 1. The zero-order chi connectivity index (χ0) is 28.3. The molecule has 0 fully saturated rings. The van der Waals surface area contributed by atoms with Gasteiger partial charge in [-0.2, -0.15) is 0 Å². The topological polar surface area (TPSA) is 50.2 Å². The Kier molecular flexibility index (Phi) is 10.8. The number of halogens is 1. The summed E-state index contributed by atoms with van der Waals surface area (Å²) in [5, 5.41) is 13.4. The Bertz CT molecular complexity index is 1480. The number of aliphatic hydroxyl groups excluding tert-OH is 1. The predicted octanol–water partition coefficient (Wildman–Crippen LogP) is 9.48. The third-order valence-electron chi connectivity index (χ3n) is 7.55. The van der Waals surface area contributed by atoms with Crippen LogP contribution < -0.4 is 0 Å². The molecule has 1 heterocycles. The Hall–Kier alpha value is -2.88. The van der Waals surface area contributed by atoms with Crippen LogP contribution >= 0.6 is 0 Å². The maximum atomic E-state index is 14.0. The molecule has 0 aliphatic rings. The molecule has 0 saturated carbocycles. The number of fused-ring (bicyclic) bond motifs is 3. The van der Waals surface area contributed by atoms with E-state index in [0.717, 1.165) is 45.8 Å². The number of nitrogens with zero attached hydrogens (tertiary/aromatic N) is 1. The largest absolute Gasteiger partial charge is 0.512 e. The first kappa shape index (κ1) is 32.3. The number of pyridine rings is 1. The number of aryl methyl sites for hydroxylation is 2. The summed E-state index contributed by atoms with van der Waals surface area (Å²) in [6.45, 7) is 15.8. The molecule has 3 aromatic carbocycles. The second-order valence-electron chi connectivity index (χ2n) is 11.3. The van der Waals surface area contributed by atoms with Gasteiger partial charge in [0.1, 0.15) is 11.6 Å². The summed E-state index contributed by atoms with van der Waals surface area (Å²) >= 11 is 0. The molecule has 1 aromatic heterocycles. The van der Waals surface area contributed by atoms with Crippen molar-refractivity contribution in [3.63, 3.8) is 0 Å². The molecule has 0 atom stereocenters. The van der Waals surface area contributed by atoms with Gasteiger partial charge in [0, 0.05) is 48.6 Å². The molecular formula is C34H39FIrNO2-. The van der Waals surface area contributed by atoms with Gasteiger partial charge in [-0.25, -0.2) is 4.39 Å². The number of ketones is 1. The van der Waals surface area contributed by atoms with E-state index in [4.69, 9.17) is 0 Å². The van der Waals surface area contributed by atoms with Crippen LogP contribution in [-0.2, 0) is 24.9 Å². The third-order valence-corrected chi connectivity index (χ3v) is 7.55. The van der Waals surface area contributed by atoms with Crippen molar-refractivity contribution in [2.45, 2.75) is 68.2 Å². The molecule has 1 N–H and O–H groups in total. The van der Waals surface area contributed by atoms with Gasteiger partial charge >= 0.3 is 0 Å². The molecule has 1 radical (unpaired) electrons. The van der Waals surface area contributed by atoms with Gasteiger partial charge in [0.15, 0.2) is 5.78 Å². The Labute approximate surface area is 245 Å². The van der Waals surface area contributed by atoms with Gasteiger partial charge in [-0.1, -0.05) is 79.7 Å². The SMILES string of the molecule is CCC(C)(C)C(=O)/C=C(\O)C(C)(C)CC.Cc1[c-]c(-c2nccc3c2ccc2c(F)cccc23)cc(C)c1.[Ir]. The molecule has 5 heteroatoms. The van der Waals surface area contributed by atoms with Gasteiger partial charge in [0.25, 0.3) is 0 Å². The fourth-order valence-corrected chi connectivity index (χ4v) is 4.09. The number of rotatable bonds is 6. The van der Waals surface area contributed by atoms with Crippen molar-refractivity contribution in [2.24, 2.45) is 10.8 Å². The summed E-state index contributed by atoms with van der Waals surface area (Å²) in [6.07, 6.45) is 4.78. The summed E-state index contributed by atoms with van der Waals surface area (Å²) in [5.74, 6) is 0.00118. The van der Waals surface area contributed by atoms with E-state index in [0.29, 0.717) is 5.39 Å². The molecule has 4 rings (SSSR count). The fourth-order valence-electron chi connectivity index (χ4n) is 4.09. The molecule has 0 bridgehead atoms. The monoisotopic (exact) mass is 705 g/mol. The molecule has 3 nitrogen and oxygen atoms in total. The predicted molar refractivity (Wildman–Crippen MR) is 157 cm³/mol. The van der Waals surface area contributed by atoms with Crippen LogP contribution in [0.5, 0.6) is 0 Å². The van der Waals surface area contributed by atoms with Crippen molar-refractivity contribution < 1.29 is 34.4 Å². The van der Waals surface area contributed by atoms with E-state index in [-0.39, 0.29) is 48.3 Å². The van der Waals surface area contributed by atoms with Crippen LogP contribution in [0.2, 0.25) is 0 Å². The molecule has 39 heavy (non-hydrogen) atoms. The molecule has 0 unspecified atom stereocenters. The Morgan fingerprint density at radius 3 is 2.15 bits per heavy atom. The number of allylic oxidation sites excluding steroid dienone is 2. The normalized spacial score (nSPS) is 12.1. The van der Waals surface area contributed by atoms with Crippen molar-refractivity contribution in [2.75, 3.05) is 0 Å². The van der Waals surface area contributed by atoms with Gasteiger partial charge in [-0.3, -0.25) is 4.79 Å². The number of benzene rings is 3. The van der Waals surface area contributed by atoms with E-state index >= 15 is 0 Å². The molecule has 0 aliphatic carbocycles. The van der Waals surface area contributed by atoms with E-state index in [1.165, 1.54) is 17.7 Å². The van der Waals surface area contributed by atoms with Crippen molar-refractivity contribution in [1.29, 1.82) is 0 Å². The maximum absolute atomic E-state index is 14.0. The van der Waals surface area contributed by atoms with Gasteiger partial charge in [-0.15, -0.1) is 34.9 Å². The molecule has 0 spiro atoms. The number of aliphatic hydroxyl groups is 1. The molecular weight excluding hydrogens is 666 g/mol. The van der Waals surface area contributed by atoms with E-state index in [1.807, 2.05) is 72.7 Å². The van der Waals surface area contributed by atoms with Crippen LogP contribution in [0.1, 0.15) is 65.5 Å². The van der Waals surface area contributed by atoms with Crippen LogP contribution in [0.15, 0.2) is 66.6 Å². The zero-order valence-electron chi connectivity index (χ0n) is 24.2. The van der Waals surface area contributed by atoms with E-state index in [1.54, 1.807) is 12.3 Å². The Morgan fingerprint density at radius 2 is 1.54 bits per heavy atom. The average molecular weight is 705 g/mol. The second kappa shape index (κ2) is 13.0. The van der Waals surface area contributed by atoms with E-state index < -0.39 is 0 Å². The first-order valence-corrected chi connectivity index (χ1v) is 13.2. The fraction of sp³-hybridized carbons (Fsp3) is 0.353. The summed E-state index contributed by atoms with van der Waals surface area (Å²) in [6, 6.07) is 18.5. The van der Waals surface area contributed by atoms with Gasteiger partial charge in [0.2, 0.25) is 0 Å². The van der Waals surface area contributed by atoms with Crippen LogP contribution in [0.4, 0.5) is 4.39 Å². The molecule has 0 aliphatic heterocycles. The van der Waals surface area contributed by atoms with Crippen LogP contribution in [0.25, 0.3) is 32.8 Å². The first-order chi connectivity index (χ1) is 17.8. The van der Waals surface area contributed by atoms with Crippen molar-refractivity contribution in [3.8, 4) is 11.3 Å². The number of carbonyl (C=O) groups excluding carboxylic acids is 1. The summed E-state index contributed by atoms with van der Waals surface area (Å²) in [5.41, 5.74) is 3.45. The standard InChI is InChI=1S/C21H15FN.C13H24O2.Ir/c1-13-10-14(2)12-15(11-13)21-19-7-6-18-16(4-3-5-20(18)22)17(19)8-9-23-21;1-7-12(3,4)10(14)9-11(15)13(5,6)8-2;/h3-11H,1-2H3;9,14H,7-8H2,1-6H3;/q-1;;/b;10-9-;. The van der Waals surface area contributed by atoms with Gasteiger partial charge < -0.3 is 10.1 Å². The summed E-state index contributed by atoms with van der Waals surface area (Å²) in [7, 11) is 0. The van der Waals surface area contributed by atoms with Crippen LogP contribution in [-0.4, -0.2) is 15.9 Å². The molecule has 0 amide bonds. The third kappa shape index (κ3) is 7.41. The van der Waals surface area contributed by atoms with E-state index in [2.05, 4.69) is 30.1 Å². The average Bonchev–Trinajstić information content (AvgIpc) is 2.88. The summed E-state index contributed by atoms with van der Waals surface area (Å²) < 4.78 is 14.0. The number of hydrogen-bond acceptors (Lipinski definition) is 3. The van der Waals surface area contributed by atoms with Crippen molar-refractivity contribution in [3.05, 3.63) is 89.6 Å². The smallest absolute Gasteiger partial charge is 0.164 e. The maximum Gasteiger partial charge on any atom is 0.164 e. The quantitative estimate of drug-likeness (QED) is 0.0942. The minimum absolute atomic E-state index is 0. The zero-order valence-corrected chi connectivity index (χ0v) is 26.6. The van der Waals surface area contributed by atoms with Crippen molar-refractivity contribution >= 4 is 27.3 Å².